The lowest BCUT2D eigenvalue weighted by Gasteiger charge is -2.08. The van der Waals surface area contributed by atoms with Crippen LogP contribution in [0, 0.1) is 17.1 Å². The molecule has 5 nitrogen and oxygen atoms in total. The number of ether oxygens (including phenoxy) is 1. The van der Waals surface area contributed by atoms with Gasteiger partial charge in [-0.3, -0.25) is 0 Å². The Bertz CT molecular complexity index is 967. The highest BCUT2D eigenvalue weighted by Gasteiger charge is 2.12. The largest absolute Gasteiger partial charge is 0.497 e. The quantitative estimate of drug-likeness (QED) is 0.595. The van der Waals surface area contributed by atoms with Crippen molar-refractivity contribution in [1.82, 2.24) is 4.98 Å². The van der Waals surface area contributed by atoms with Crippen molar-refractivity contribution in [2.75, 3.05) is 7.11 Å². The third kappa shape index (κ3) is 4.23. The molecule has 1 N–H and O–H groups in total. The first-order valence-corrected chi connectivity index (χ1v) is 8.20. The van der Waals surface area contributed by atoms with E-state index in [1.807, 2.05) is 6.07 Å². The number of hydrogen-bond donors (Lipinski definition) is 1. The first kappa shape index (κ1) is 19.1. The van der Waals surface area contributed by atoms with Crippen LogP contribution in [0.25, 0.3) is 11.1 Å². The van der Waals surface area contributed by atoms with Crippen LogP contribution in [0.4, 0.5) is 4.39 Å². The second kappa shape index (κ2) is 8.23. The molecule has 0 aliphatic rings. The molecule has 1 heterocycles. The minimum Gasteiger partial charge on any atom is -0.497 e. The lowest BCUT2D eigenvalue weighted by atomic mass is 9.99. The van der Waals surface area contributed by atoms with Crippen molar-refractivity contribution >= 4 is 28.5 Å². The van der Waals surface area contributed by atoms with Crippen molar-refractivity contribution in [3.63, 3.8) is 0 Å². The van der Waals surface area contributed by atoms with Crippen LogP contribution in [0.5, 0.6) is 5.75 Å². The summed E-state index contributed by atoms with van der Waals surface area (Å²) in [6.45, 7) is 5.43. The molecule has 26 heavy (non-hydrogen) atoms. The molecule has 132 valence electrons. The van der Waals surface area contributed by atoms with Gasteiger partial charge < -0.3 is 9.84 Å². The molecule has 2 rings (SSSR count). The van der Waals surface area contributed by atoms with Gasteiger partial charge in [0.1, 0.15) is 21.5 Å². The van der Waals surface area contributed by atoms with Crippen LogP contribution >= 0.6 is 11.3 Å². The number of halogens is 1. The van der Waals surface area contributed by atoms with Crippen molar-refractivity contribution in [3.05, 3.63) is 70.0 Å². The number of aromatic nitrogens is 1. The van der Waals surface area contributed by atoms with Crippen LogP contribution in [0.1, 0.15) is 27.2 Å². The van der Waals surface area contributed by atoms with Gasteiger partial charge >= 0.3 is 5.97 Å². The Morgan fingerprint density at radius 3 is 2.77 bits per heavy atom. The van der Waals surface area contributed by atoms with Crippen molar-refractivity contribution in [2.24, 2.45) is 0 Å². The maximum absolute atomic E-state index is 14.3. The van der Waals surface area contributed by atoms with E-state index in [4.69, 9.17) is 9.84 Å². The van der Waals surface area contributed by atoms with E-state index >= 15 is 0 Å². The summed E-state index contributed by atoms with van der Waals surface area (Å²) in [5.41, 5.74) is 1.36. The summed E-state index contributed by atoms with van der Waals surface area (Å²) in [7, 11) is 1.47. The number of carboxylic acid groups (broad SMARTS) is 1. The number of benzene rings is 1. The number of thiazole rings is 1. The van der Waals surface area contributed by atoms with E-state index in [0.717, 1.165) is 11.3 Å². The van der Waals surface area contributed by atoms with Crippen LogP contribution in [-0.2, 0) is 0 Å². The highest BCUT2D eigenvalue weighted by Crippen LogP contribution is 2.28. The van der Waals surface area contributed by atoms with Crippen molar-refractivity contribution < 1.29 is 19.0 Å². The molecule has 2 aromatic rings. The number of aromatic carboxylic acids is 1. The van der Waals surface area contributed by atoms with Crippen LogP contribution in [0.3, 0.4) is 0 Å². The van der Waals surface area contributed by atoms with E-state index < -0.39 is 11.8 Å². The lowest BCUT2D eigenvalue weighted by Crippen LogP contribution is -1.93. The van der Waals surface area contributed by atoms with E-state index in [0.29, 0.717) is 27.5 Å². The summed E-state index contributed by atoms with van der Waals surface area (Å²) < 4.78 is 19.4. The smallest absolute Gasteiger partial charge is 0.347 e. The van der Waals surface area contributed by atoms with Gasteiger partial charge in [0, 0.05) is 16.7 Å². The topological polar surface area (TPSA) is 83.2 Å². The summed E-state index contributed by atoms with van der Waals surface area (Å²) in [5, 5.41) is 18.6. The van der Waals surface area contributed by atoms with Crippen molar-refractivity contribution in [2.45, 2.75) is 6.92 Å². The summed E-state index contributed by atoms with van der Waals surface area (Å²) in [6.07, 6.45) is 4.38. The number of carbonyl (C=O) groups is 1. The maximum Gasteiger partial charge on any atom is 0.347 e. The molecule has 0 fully saturated rings. The molecular formula is C19H15FN2O3S. The van der Waals surface area contributed by atoms with E-state index in [2.05, 4.69) is 11.6 Å². The molecule has 0 unspecified atom stereocenters. The number of allylic oxidation sites excluding steroid dienone is 5. The highest BCUT2D eigenvalue weighted by atomic mass is 32.1. The number of rotatable bonds is 6. The van der Waals surface area contributed by atoms with E-state index in [1.54, 1.807) is 19.1 Å². The molecule has 0 spiro atoms. The molecule has 0 radical (unpaired) electrons. The fourth-order valence-electron chi connectivity index (χ4n) is 2.09. The fraction of sp³-hybridized carbons (Fsp3) is 0.105. The van der Waals surface area contributed by atoms with Crippen molar-refractivity contribution in [1.29, 1.82) is 5.26 Å². The Kier molecular flexibility index (Phi) is 6.04. The predicted octanol–water partition coefficient (Wildman–Crippen LogP) is 4.56. The molecule has 0 saturated carbocycles. The number of nitriles is 1. The van der Waals surface area contributed by atoms with Crippen LogP contribution in [-0.4, -0.2) is 23.2 Å². The monoisotopic (exact) mass is 370 g/mol. The molecule has 0 bridgehead atoms. The summed E-state index contributed by atoms with van der Waals surface area (Å²) in [5.74, 6) is -1.10. The zero-order valence-corrected chi connectivity index (χ0v) is 14.9. The SMILES string of the molecule is C=C(/C=C\C(=C(/C)C#N)c1cc(OC)ccc1F)c1ncc(C(=O)O)s1. The van der Waals surface area contributed by atoms with E-state index in [1.165, 1.54) is 31.5 Å². The van der Waals surface area contributed by atoms with Crippen LogP contribution in [0.2, 0.25) is 0 Å². The summed E-state index contributed by atoms with van der Waals surface area (Å²) >= 11 is 0.983. The third-order valence-corrected chi connectivity index (χ3v) is 4.54. The average Bonchev–Trinajstić information content (AvgIpc) is 3.13. The van der Waals surface area contributed by atoms with Gasteiger partial charge in [0.05, 0.1) is 19.4 Å². The minimum atomic E-state index is -1.06. The fourth-order valence-corrected chi connectivity index (χ4v) is 2.80. The van der Waals surface area contributed by atoms with Gasteiger partial charge in [-0.2, -0.15) is 5.26 Å². The highest BCUT2D eigenvalue weighted by molar-refractivity contribution is 7.14. The lowest BCUT2D eigenvalue weighted by molar-refractivity contribution is 0.0702. The normalized spacial score (nSPS) is 11.8. The number of methoxy groups -OCH3 is 1. The zero-order chi connectivity index (χ0) is 19.3. The molecule has 7 heteroatoms. The Balaban J connectivity index is 2.41. The maximum atomic E-state index is 14.3. The summed E-state index contributed by atoms with van der Waals surface area (Å²) in [6, 6.07) is 6.27. The van der Waals surface area contributed by atoms with Gasteiger partial charge in [-0.15, -0.1) is 11.3 Å². The van der Waals surface area contributed by atoms with Gasteiger partial charge in [-0.25, -0.2) is 14.2 Å². The third-order valence-electron chi connectivity index (χ3n) is 3.48. The second-order valence-corrected chi connectivity index (χ2v) is 6.22. The van der Waals surface area contributed by atoms with E-state index in [-0.39, 0.29) is 10.4 Å². The number of nitrogens with zero attached hydrogens (tertiary/aromatic N) is 2. The number of carboxylic acids is 1. The first-order valence-electron chi connectivity index (χ1n) is 7.38. The second-order valence-electron chi connectivity index (χ2n) is 5.19. The molecular weight excluding hydrogens is 355 g/mol. The van der Waals surface area contributed by atoms with Gasteiger partial charge in [0.25, 0.3) is 0 Å². The van der Waals surface area contributed by atoms with Crippen LogP contribution < -0.4 is 4.74 Å². The Labute approximate surface area is 154 Å². The van der Waals surface area contributed by atoms with Gasteiger partial charge in [-0.05, 0) is 30.7 Å². The molecule has 1 aromatic heterocycles. The van der Waals surface area contributed by atoms with Crippen LogP contribution in [0.15, 0.2) is 48.7 Å². The predicted molar refractivity (Wildman–Crippen MR) is 98.4 cm³/mol. The molecule has 0 aliphatic carbocycles. The number of hydrogen-bond acceptors (Lipinski definition) is 5. The molecule has 1 aromatic carbocycles. The Morgan fingerprint density at radius 2 is 2.19 bits per heavy atom. The summed E-state index contributed by atoms with van der Waals surface area (Å²) in [4.78, 5) is 15.0. The first-order chi connectivity index (χ1) is 12.4. The average molecular weight is 370 g/mol. The standard InChI is InChI=1S/C19H15FN2O3S/c1-11(18-22-10-17(26-18)19(23)24)4-6-14(12(2)9-21)15-8-13(25-3)5-7-16(15)20/h4-8,10H,1H2,2-3H3,(H,23,24)/b6-4-,14-12-. The minimum absolute atomic E-state index is 0.0948. The van der Waals surface area contributed by atoms with Gasteiger partial charge in [0.2, 0.25) is 0 Å². The van der Waals surface area contributed by atoms with Gasteiger partial charge in [-0.1, -0.05) is 18.7 Å². The Hall–Kier alpha value is -3.24. The molecule has 0 amide bonds. The zero-order valence-electron chi connectivity index (χ0n) is 14.1. The molecule has 0 aliphatic heterocycles. The molecule has 0 saturated heterocycles. The molecule has 0 atom stereocenters. The van der Waals surface area contributed by atoms with Crippen molar-refractivity contribution in [3.8, 4) is 11.8 Å². The van der Waals surface area contributed by atoms with Gasteiger partial charge in [0.15, 0.2) is 0 Å². The Morgan fingerprint density at radius 1 is 1.46 bits per heavy atom. The van der Waals surface area contributed by atoms with E-state index in [9.17, 15) is 14.4 Å².